The largest absolute Gasteiger partial charge is 0.310 e. The van der Waals surface area contributed by atoms with Crippen molar-refractivity contribution in [3.63, 3.8) is 0 Å². The highest BCUT2D eigenvalue weighted by molar-refractivity contribution is 5.96. The fourth-order valence-corrected chi connectivity index (χ4v) is 1.75. The van der Waals surface area contributed by atoms with Crippen molar-refractivity contribution in [3.05, 3.63) is 24.3 Å². The highest BCUT2D eigenvalue weighted by atomic mass is 16.2. The Bertz CT molecular complexity index is 723. The third-order valence-electron chi connectivity index (χ3n) is 3.40. The minimum Gasteiger partial charge on any atom is -0.310 e. The topological polar surface area (TPSA) is 84.0 Å². The monoisotopic (exact) mass is 328 g/mol. The van der Waals surface area contributed by atoms with Crippen molar-refractivity contribution < 1.29 is 9.59 Å². The lowest BCUT2D eigenvalue weighted by molar-refractivity contribution is -0.123. The molecule has 0 saturated carbocycles. The number of aromatic nitrogens is 2. The van der Waals surface area contributed by atoms with Gasteiger partial charge in [0.05, 0.1) is 0 Å². The number of rotatable bonds is 2. The lowest BCUT2D eigenvalue weighted by Crippen LogP contribution is -2.28. The second kappa shape index (κ2) is 6.19. The molecular weight excluding hydrogens is 304 g/mol. The van der Waals surface area contributed by atoms with Gasteiger partial charge in [0.2, 0.25) is 11.8 Å². The molecular formula is C18H24N4O2. The molecule has 0 aliphatic heterocycles. The first-order chi connectivity index (χ1) is 11.0. The van der Waals surface area contributed by atoms with Crippen molar-refractivity contribution in [1.29, 1.82) is 0 Å². The van der Waals surface area contributed by atoms with E-state index in [1.165, 1.54) is 0 Å². The van der Waals surface area contributed by atoms with Gasteiger partial charge in [-0.15, -0.1) is 0 Å². The predicted molar refractivity (Wildman–Crippen MR) is 95.7 cm³/mol. The molecule has 0 aliphatic carbocycles. The molecule has 6 heteroatoms. The molecule has 0 spiro atoms. The number of amides is 2. The van der Waals surface area contributed by atoms with Crippen LogP contribution in [0.2, 0.25) is 0 Å². The average Bonchev–Trinajstić information content (AvgIpc) is 2.44. The van der Waals surface area contributed by atoms with Crippen LogP contribution in [-0.4, -0.2) is 21.8 Å². The Hall–Kier alpha value is -2.50. The molecule has 2 aromatic heterocycles. The van der Waals surface area contributed by atoms with Gasteiger partial charge in [-0.2, -0.15) is 0 Å². The standard InChI is InChI=1S/C18H24N4O2/c1-17(2,3)15(23)21-12-9-7-11-8-10-13(20-14(11)19-12)22-16(24)18(4,5)6/h7-10H,1-6H3,(H2,19,20,21,22,23,24). The zero-order valence-electron chi connectivity index (χ0n) is 15.0. The van der Waals surface area contributed by atoms with E-state index in [4.69, 9.17) is 0 Å². The van der Waals surface area contributed by atoms with Crippen LogP contribution < -0.4 is 10.6 Å². The first kappa shape index (κ1) is 17.8. The number of carbonyl (C=O) groups excluding carboxylic acids is 2. The Kier molecular flexibility index (Phi) is 4.60. The molecule has 24 heavy (non-hydrogen) atoms. The van der Waals surface area contributed by atoms with Gasteiger partial charge >= 0.3 is 0 Å². The van der Waals surface area contributed by atoms with E-state index in [0.717, 1.165) is 5.39 Å². The molecule has 0 unspecified atom stereocenters. The molecule has 0 radical (unpaired) electrons. The van der Waals surface area contributed by atoms with Crippen LogP contribution in [0.1, 0.15) is 41.5 Å². The lowest BCUT2D eigenvalue weighted by Gasteiger charge is -2.18. The molecule has 128 valence electrons. The van der Waals surface area contributed by atoms with Gasteiger partial charge in [0.25, 0.3) is 0 Å². The summed E-state index contributed by atoms with van der Waals surface area (Å²) in [6.07, 6.45) is 0. The van der Waals surface area contributed by atoms with Gasteiger partial charge < -0.3 is 10.6 Å². The predicted octanol–water partition coefficient (Wildman–Crippen LogP) is 3.60. The fraction of sp³-hybridized carbons (Fsp3) is 0.444. The Morgan fingerprint density at radius 3 is 1.46 bits per heavy atom. The first-order valence-corrected chi connectivity index (χ1v) is 7.87. The van der Waals surface area contributed by atoms with Gasteiger partial charge in [-0.3, -0.25) is 9.59 Å². The number of nitrogens with one attached hydrogen (secondary N) is 2. The summed E-state index contributed by atoms with van der Waals surface area (Å²) in [4.78, 5) is 32.9. The SMILES string of the molecule is CC(C)(C)C(=O)Nc1ccc2ccc(NC(=O)C(C)(C)C)nc2n1. The molecule has 0 atom stereocenters. The summed E-state index contributed by atoms with van der Waals surface area (Å²) in [5, 5.41) is 6.39. The molecule has 6 nitrogen and oxygen atoms in total. The molecule has 2 N–H and O–H groups in total. The second-order valence-electron chi connectivity index (χ2n) is 7.85. The maximum atomic E-state index is 12.1. The van der Waals surface area contributed by atoms with E-state index in [9.17, 15) is 9.59 Å². The minimum atomic E-state index is -0.507. The van der Waals surface area contributed by atoms with Crippen molar-refractivity contribution in [3.8, 4) is 0 Å². The summed E-state index contributed by atoms with van der Waals surface area (Å²) in [5.74, 6) is 0.640. The van der Waals surface area contributed by atoms with E-state index >= 15 is 0 Å². The second-order valence-corrected chi connectivity index (χ2v) is 7.85. The van der Waals surface area contributed by atoms with Crippen LogP contribution in [0, 0.1) is 10.8 Å². The number of fused-ring (bicyclic) bond motifs is 1. The number of pyridine rings is 2. The van der Waals surface area contributed by atoms with Crippen molar-refractivity contribution in [2.24, 2.45) is 10.8 Å². The van der Waals surface area contributed by atoms with Crippen molar-refractivity contribution in [2.45, 2.75) is 41.5 Å². The lowest BCUT2D eigenvalue weighted by atomic mass is 9.96. The van der Waals surface area contributed by atoms with Gasteiger partial charge in [-0.1, -0.05) is 41.5 Å². The van der Waals surface area contributed by atoms with Gasteiger partial charge in [-0.05, 0) is 24.3 Å². The van der Waals surface area contributed by atoms with Gasteiger partial charge in [0, 0.05) is 16.2 Å². The smallest absolute Gasteiger partial charge is 0.230 e. The molecule has 0 aromatic carbocycles. The number of carbonyl (C=O) groups is 2. The van der Waals surface area contributed by atoms with E-state index in [0.29, 0.717) is 17.3 Å². The molecule has 0 aliphatic rings. The third-order valence-corrected chi connectivity index (χ3v) is 3.40. The Balaban J connectivity index is 2.28. The highest BCUT2D eigenvalue weighted by Gasteiger charge is 2.22. The molecule has 2 heterocycles. The zero-order chi connectivity index (χ0) is 18.1. The summed E-state index contributed by atoms with van der Waals surface area (Å²) in [7, 11) is 0. The number of hydrogen-bond donors (Lipinski definition) is 2. The molecule has 0 bridgehead atoms. The fourth-order valence-electron chi connectivity index (χ4n) is 1.75. The normalized spacial score (nSPS) is 12.1. The average molecular weight is 328 g/mol. The van der Waals surface area contributed by atoms with E-state index in [-0.39, 0.29) is 11.8 Å². The Morgan fingerprint density at radius 2 is 1.12 bits per heavy atom. The molecule has 2 aromatic rings. The van der Waals surface area contributed by atoms with Crippen molar-refractivity contribution in [2.75, 3.05) is 10.6 Å². The van der Waals surface area contributed by atoms with Gasteiger partial charge in [-0.25, -0.2) is 9.97 Å². The van der Waals surface area contributed by atoms with Crippen molar-refractivity contribution >= 4 is 34.5 Å². The minimum absolute atomic E-state index is 0.119. The summed E-state index contributed by atoms with van der Waals surface area (Å²) >= 11 is 0. The maximum absolute atomic E-state index is 12.1. The Labute approximate surface area is 142 Å². The van der Waals surface area contributed by atoms with Crippen molar-refractivity contribution in [1.82, 2.24) is 9.97 Å². The van der Waals surface area contributed by atoms with E-state index < -0.39 is 10.8 Å². The van der Waals surface area contributed by atoms with Crippen LogP contribution in [-0.2, 0) is 9.59 Å². The molecule has 0 fully saturated rings. The number of nitrogens with zero attached hydrogens (tertiary/aromatic N) is 2. The van der Waals surface area contributed by atoms with E-state index in [1.807, 2.05) is 53.7 Å². The number of anilines is 2. The zero-order valence-corrected chi connectivity index (χ0v) is 15.0. The highest BCUT2D eigenvalue weighted by Crippen LogP contribution is 2.21. The summed E-state index contributed by atoms with van der Waals surface area (Å²) in [6, 6.07) is 7.15. The van der Waals surface area contributed by atoms with E-state index in [2.05, 4.69) is 20.6 Å². The third kappa shape index (κ3) is 4.28. The molecule has 0 saturated heterocycles. The summed E-state index contributed by atoms with van der Waals surface area (Å²) < 4.78 is 0. The quantitative estimate of drug-likeness (QED) is 0.882. The van der Waals surface area contributed by atoms with Gasteiger partial charge in [0.15, 0.2) is 5.65 Å². The first-order valence-electron chi connectivity index (χ1n) is 7.87. The van der Waals surface area contributed by atoms with Crippen LogP contribution in [0.25, 0.3) is 11.0 Å². The van der Waals surface area contributed by atoms with Gasteiger partial charge in [0.1, 0.15) is 11.6 Å². The summed E-state index contributed by atoms with van der Waals surface area (Å²) in [6.45, 7) is 11.0. The van der Waals surface area contributed by atoms with E-state index in [1.54, 1.807) is 12.1 Å². The van der Waals surface area contributed by atoms with Crippen LogP contribution in [0.3, 0.4) is 0 Å². The summed E-state index contributed by atoms with van der Waals surface area (Å²) in [5.41, 5.74) is -0.549. The maximum Gasteiger partial charge on any atom is 0.230 e. The molecule has 2 amide bonds. The van der Waals surface area contributed by atoms with Crippen LogP contribution in [0.4, 0.5) is 11.6 Å². The van der Waals surface area contributed by atoms with Crippen LogP contribution in [0.15, 0.2) is 24.3 Å². The van der Waals surface area contributed by atoms with Crippen LogP contribution >= 0.6 is 0 Å². The number of hydrogen-bond acceptors (Lipinski definition) is 4. The molecule has 2 rings (SSSR count). The Morgan fingerprint density at radius 1 is 0.750 bits per heavy atom. The van der Waals surface area contributed by atoms with Crippen LogP contribution in [0.5, 0.6) is 0 Å².